The van der Waals surface area contributed by atoms with Gasteiger partial charge in [-0.1, -0.05) is 12.2 Å². The minimum atomic E-state index is -1.13. The lowest BCUT2D eigenvalue weighted by Gasteiger charge is -2.38. The molecule has 1 heterocycles. The van der Waals surface area contributed by atoms with E-state index in [9.17, 15) is 9.59 Å². The minimum absolute atomic E-state index is 0.233. The van der Waals surface area contributed by atoms with Crippen LogP contribution in [-0.4, -0.2) is 22.7 Å². The standard InChI is InChI=1S/C8H6Cl2O3/c9-4-1-2-8(3-5(4)10)6(11)13-7(8)12/h1-2,4-5H,3H2/t4-,5+/m1/s1. The average molecular weight is 221 g/mol. The van der Waals surface area contributed by atoms with Gasteiger partial charge in [-0.3, -0.25) is 0 Å². The van der Waals surface area contributed by atoms with Gasteiger partial charge in [-0.2, -0.15) is 0 Å². The van der Waals surface area contributed by atoms with Crippen molar-refractivity contribution in [2.24, 2.45) is 5.41 Å². The summed E-state index contributed by atoms with van der Waals surface area (Å²) in [5, 5.41) is -0.725. The summed E-state index contributed by atoms with van der Waals surface area (Å²) in [4.78, 5) is 22.1. The maximum Gasteiger partial charge on any atom is 0.335 e. The summed E-state index contributed by atoms with van der Waals surface area (Å²) < 4.78 is 4.29. The van der Waals surface area contributed by atoms with E-state index in [1.54, 1.807) is 6.08 Å². The number of allylic oxidation sites excluding steroid dienone is 1. The summed E-state index contributed by atoms with van der Waals surface area (Å²) in [6.07, 6.45) is 3.30. The van der Waals surface area contributed by atoms with Gasteiger partial charge in [0.2, 0.25) is 0 Å². The highest BCUT2D eigenvalue weighted by Crippen LogP contribution is 2.43. The maximum atomic E-state index is 11.1. The van der Waals surface area contributed by atoms with Gasteiger partial charge < -0.3 is 4.74 Å². The summed E-state index contributed by atoms with van der Waals surface area (Å²) in [6.45, 7) is 0. The first kappa shape index (κ1) is 9.03. The van der Waals surface area contributed by atoms with Crippen LogP contribution in [0.25, 0.3) is 0 Å². The number of esters is 2. The molecule has 0 amide bonds. The molecular weight excluding hydrogens is 215 g/mol. The van der Waals surface area contributed by atoms with Crippen LogP contribution in [0.1, 0.15) is 6.42 Å². The number of ether oxygens (including phenoxy) is 1. The SMILES string of the molecule is O=C1OC(=O)C12C=C[C@@H](Cl)[C@@H](Cl)C2. The molecule has 3 nitrogen and oxygen atoms in total. The topological polar surface area (TPSA) is 43.4 Å². The van der Waals surface area contributed by atoms with Crippen LogP contribution < -0.4 is 0 Å². The number of cyclic esters (lactones) is 2. The lowest BCUT2D eigenvalue weighted by atomic mass is 9.75. The number of carbonyl (C=O) groups excluding carboxylic acids is 2. The van der Waals surface area contributed by atoms with E-state index in [1.165, 1.54) is 6.08 Å². The van der Waals surface area contributed by atoms with Crippen molar-refractivity contribution in [2.75, 3.05) is 0 Å². The zero-order valence-corrected chi connectivity index (χ0v) is 8.01. The zero-order valence-electron chi connectivity index (χ0n) is 6.50. The van der Waals surface area contributed by atoms with Crippen molar-refractivity contribution in [2.45, 2.75) is 17.2 Å². The highest BCUT2D eigenvalue weighted by atomic mass is 35.5. The molecule has 2 aliphatic rings. The molecule has 0 unspecified atom stereocenters. The normalized spacial score (nSPS) is 35.8. The van der Waals surface area contributed by atoms with Crippen LogP contribution >= 0.6 is 23.2 Å². The second-order valence-electron chi connectivity index (χ2n) is 3.17. The summed E-state index contributed by atoms with van der Waals surface area (Å²) in [7, 11) is 0. The Bertz CT molecular complexity index is 297. The number of carbonyl (C=O) groups is 2. The maximum absolute atomic E-state index is 11.1. The van der Waals surface area contributed by atoms with Gasteiger partial charge in [0.25, 0.3) is 0 Å². The second-order valence-corrected chi connectivity index (χ2v) is 4.24. The van der Waals surface area contributed by atoms with E-state index in [0.717, 1.165) is 0 Å². The van der Waals surface area contributed by atoms with Crippen molar-refractivity contribution in [3.63, 3.8) is 0 Å². The molecular formula is C8H6Cl2O3. The number of halogens is 2. The Balaban J connectivity index is 2.31. The third-order valence-corrected chi connectivity index (χ3v) is 3.35. The number of hydrogen-bond acceptors (Lipinski definition) is 3. The molecule has 1 aliphatic carbocycles. The first-order valence-electron chi connectivity index (χ1n) is 3.80. The lowest BCUT2D eigenvalue weighted by molar-refractivity contribution is -0.192. The van der Waals surface area contributed by atoms with E-state index >= 15 is 0 Å². The summed E-state index contributed by atoms with van der Waals surface area (Å²) in [5.74, 6) is -1.05. The van der Waals surface area contributed by atoms with Crippen molar-refractivity contribution >= 4 is 35.1 Å². The lowest BCUT2D eigenvalue weighted by Crippen LogP contribution is -2.55. The highest BCUT2D eigenvalue weighted by molar-refractivity contribution is 6.32. The van der Waals surface area contributed by atoms with Crippen LogP contribution in [0.5, 0.6) is 0 Å². The van der Waals surface area contributed by atoms with Gasteiger partial charge in [0, 0.05) is 0 Å². The first-order valence-corrected chi connectivity index (χ1v) is 4.68. The minimum Gasteiger partial charge on any atom is -0.391 e. The van der Waals surface area contributed by atoms with E-state index in [2.05, 4.69) is 4.74 Å². The third kappa shape index (κ3) is 1.11. The predicted molar refractivity (Wildman–Crippen MR) is 46.6 cm³/mol. The van der Waals surface area contributed by atoms with Crippen LogP contribution in [0.4, 0.5) is 0 Å². The molecule has 13 heavy (non-hydrogen) atoms. The van der Waals surface area contributed by atoms with Crippen molar-refractivity contribution < 1.29 is 14.3 Å². The first-order chi connectivity index (χ1) is 6.06. The molecule has 0 aromatic carbocycles. The van der Waals surface area contributed by atoms with E-state index < -0.39 is 22.7 Å². The van der Waals surface area contributed by atoms with Gasteiger partial charge in [-0.15, -0.1) is 23.2 Å². The van der Waals surface area contributed by atoms with Crippen LogP contribution in [0, 0.1) is 5.41 Å². The number of alkyl halides is 2. The molecule has 2 atom stereocenters. The summed E-state index contributed by atoms with van der Waals surface area (Å²) in [5.41, 5.74) is -1.13. The molecule has 0 saturated carbocycles. The molecule has 0 aromatic heterocycles. The summed E-state index contributed by atoms with van der Waals surface area (Å²) >= 11 is 11.6. The Morgan fingerprint density at radius 1 is 1.38 bits per heavy atom. The average Bonchev–Trinajstić information content (AvgIpc) is 2.10. The van der Waals surface area contributed by atoms with Gasteiger partial charge in [0.15, 0.2) is 5.41 Å². The van der Waals surface area contributed by atoms with Gasteiger partial charge in [-0.05, 0) is 6.42 Å². The van der Waals surface area contributed by atoms with E-state index in [1.807, 2.05) is 0 Å². The molecule has 2 rings (SSSR count). The zero-order chi connectivity index (χ0) is 9.64. The van der Waals surface area contributed by atoms with Crippen LogP contribution in [0.2, 0.25) is 0 Å². The van der Waals surface area contributed by atoms with Crippen LogP contribution in [0.15, 0.2) is 12.2 Å². The van der Waals surface area contributed by atoms with Gasteiger partial charge >= 0.3 is 11.9 Å². The van der Waals surface area contributed by atoms with Gasteiger partial charge in [-0.25, -0.2) is 9.59 Å². The quantitative estimate of drug-likeness (QED) is 0.267. The Kier molecular flexibility index (Phi) is 1.89. The number of rotatable bonds is 0. The third-order valence-electron chi connectivity index (χ3n) is 2.34. The highest BCUT2D eigenvalue weighted by Gasteiger charge is 2.59. The predicted octanol–water partition coefficient (Wildman–Crippen LogP) is 1.23. The van der Waals surface area contributed by atoms with Crippen molar-refractivity contribution in [1.29, 1.82) is 0 Å². The van der Waals surface area contributed by atoms with Crippen LogP contribution in [0.3, 0.4) is 0 Å². The summed E-state index contributed by atoms with van der Waals surface area (Å²) in [6, 6.07) is 0. The molecule has 0 N–H and O–H groups in total. The number of hydrogen-bond donors (Lipinski definition) is 0. The van der Waals surface area contributed by atoms with E-state index in [-0.39, 0.29) is 11.8 Å². The largest absolute Gasteiger partial charge is 0.391 e. The molecule has 1 aliphatic heterocycles. The molecule has 5 heteroatoms. The molecule has 1 spiro atoms. The van der Waals surface area contributed by atoms with E-state index in [4.69, 9.17) is 23.2 Å². The van der Waals surface area contributed by atoms with Crippen LogP contribution in [-0.2, 0) is 14.3 Å². The van der Waals surface area contributed by atoms with Gasteiger partial charge in [0.1, 0.15) is 0 Å². The monoisotopic (exact) mass is 220 g/mol. The fourth-order valence-electron chi connectivity index (χ4n) is 1.47. The fraction of sp³-hybridized carbons (Fsp3) is 0.500. The van der Waals surface area contributed by atoms with Crippen molar-refractivity contribution in [3.8, 4) is 0 Å². The fourth-order valence-corrected chi connectivity index (χ4v) is 1.96. The molecule has 0 radical (unpaired) electrons. The molecule has 1 saturated heterocycles. The Morgan fingerprint density at radius 2 is 2.00 bits per heavy atom. The smallest absolute Gasteiger partial charge is 0.335 e. The second kappa shape index (κ2) is 2.72. The van der Waals surface area contributed by atoms with Gasteiger partial charge in [0.05, 0.1) is 10.8 Å². The Hall–Kier alpha value is -0.540. The molecule has 0 bridgehead atoms. The van der Waals surface area contributed by atoms with Crippen molar-refractivity contribution in [1.82, 2.24) is 0 Å². The molecule has 0 aromatic rings. The van der Waals surface area contributed by atoms with Crippen molar-refractivity contribution in [3.05, 3.63) is 12.2 Å². The Labute approximate surface area is 84.6 Å². The molecule has 1 fully saturated rings. The Morgan fingerprint density at radius 3 is 2.46 bits per heavy atom. The van der Waals surface area contributed by atoms with E-state index in [0.29, 0.717) is 0 Å². The molecule has 70 valence electrons.